The van der Waals surface area contributed by atoms with Gasteiger partial charge in [0.05, 0.1) is 21.6 Å². The number of aryl methyl sites for hydroxylation is 2. The number of H-pyrrole nitrogens is 1. The van der Waals surface area contributed by atoms with Crippen LogP contribution in [0.4, 0.5) is 5.82 Å². The molecule has 0 atom stereocenters. The first kappa shape index (κ1) is 20.2. The van der Waals surface area contributed by atoms with E-state index in [9.17, 15) is 0 Å². The van der Waals surface area contributed by atoms with Crippen molar-refractivity contribution in [2.24, 2.45) is 12.5 Å². The minimum Gasteiger partial charge on any atom is -0.355 e. The third kappa shape index (κ3) is 3.01. The van der Waals surface area contributed by atoms with Crippen LogP contribution in [0.1, 0.15) is 44.2 Å². The lowest BCUT2D eigenvalue weighted by atomic mass is 9.77. The van der Waals surface area contributed by atoms with Crippen molar-refractivity contribution < 1.29 is 0 Å². The highest BCUT2D eigenvalue weighted by Crippen LogP contribution is 2.47. The summed E-state index contributed by atoms with van der Waals surface area (Å²) >= 11 is 13.2. The Morgan fingerprint density at radius 2 is 1.78 bits per heavy atom. The van der Waals surface area contributed by atoms with Gasteiger partial charge < -0.3 is 4.90 Å². The second kappa shape index (κ2) is 7.32. The average Bonchev–Trinajstić information content (AvgIpc) is 3.48. The maximum absolute atomic E-state index is 6.76. The van der Waals surface area contributed by atoms with E-state index in [-0.39, 0.29) is 0 Å². The van der Waals surface area contributed by atoms with Crippen molar-refractivity contribution in [3.8, 4) is 11.3 Å². The van der Waals surface area contributed by atoms with Crippen molar-refractivity contribution >= 4 is 51.1 Å². The number of aromatic amines is 1. The molecular formula is C23H25Cl2N7. The molecular weight excluding hydrogens is 445 g/mol. The van der Waals surface area contributed by atoms with Gasteiger partial charge in [-0.05, 0) is 50.2 Å². The van der Waals surface area contributed by atoms with Crippen LogP contribution in [-0.2, 0) is 7.05 Å². The van der Waals surface area contributed by atoms with E-state index in [1.807, 2.05) is 19.1 Å². The normalized spacial score (nSPS) is 18.4. The Labute approximate surface area is 196 Å². The van der Waals surface area contributed by atoms with Gasteiger partial charge in [-0.3, -0.25) is 9.78 Å². The number of halogens is 2. The minimum atomic E-state index is 0.501. The van der Waals surface area contributed by atoms with Gasteiger partial charge in [0.2, 0.25) is 0 Å². The smallest absolute Gasteiger partial charge is 0.177 e. The Balaban J connectivity index is 1.38. The molecule has 9 heteroatoms. The van der Waals surface area contributed by atoms with Crippen molar-refractivity contribution in [1.82, 2.24) is 29.9 Å². The zero-order chi connectivity index (χ0) is 22.0. The molecule has 1 aromatic carbocycles. The molecule has 32 heavy (non-hydrogen) atoms. The van der Waals surface area contributed by atoms with Gasteiger partial charge in [0.1, 0.15) is 16.4 Å². The van der Waals surface area contributed by atoms with Gasteiger partial charge in [-0.2, -0.15) is 10.2 Å². The molecule has 7 nitrogen and oxygen atoms in total. The fourth-order valence-electron chi connectivity index (χ4n) is 5.62. The molecule has 2 aliphatic rings. The molecule has 6 rings (SSSR count). The summed E-state index contributed by atoms with van der Waals surface area (Å²) in [4.78, 5) is 12.2. The molecule has 0 radical (unpaired) electrons. The van der Waals surface area contributed by atoms with Crippen LogP contribution in [0.3, 0.4) is 0 Å². The molecule has 1 saturated carbocycles. The van der Waals surface area contributed by atoms with Crippen molar-refractivity contribution in [3.63, 3.8) is 0 Å². The summed E-state index contributed by atoms with van der Waals surface area (Å²) in [6, 6.07) is 3.82. The molecule has 4 aromatic rings. The molecule has 4 heterocycles. The number of hydrogen-bond acceptors (Lipinski definition) is 5. The molecule has 1 N–H and O–H groups in total. The number of benzene rings is 1. The van der Waals surface area contributed by atoms with Crippen LogP contribution in [-0.4, -0.2) is 43.0 Å². The minimum absolute atomic E-state index is 0.501. The quantitative estimate of drug-likeness (QED) is 0.408. The maximum atomic E-state index is 6.76. The topological polar surface area (TPSA) is 75.5 Å². The van der Waals surface area contributed by atoms with Crippen LogP contribution in [0.2, 0.25) is 10.2 Å². The Bertz CT molecular complexity index is 1340. The van der Waals surface area contributed by atoms with Gasteiger partial charge >= 0.3 is 0 Å². The van der Waals surface area contributed by atoms with E-state index in [0.717, 1.165) is 46.6 Å². The Hall–Kier alpha value is -2.38. The maximum Gasteiger partial charge on any atom is 0.177 e. The van der Waals surface area contributed by atoms with E-state index in [1.54, 1.807) is 11.7 Å². The third-order valence-electron chi connectivity index (χ3n) is 7.45. The monoisotopic (exact) mass is 469 g/mol. The van der Waals surface area contributed by atoms with Gasteiger partial charge in [0, 0.05) is 25.7 Å². The predicted molar refractivity (Wildman–Crippen MR) is 128 cm³/mol. The summed E-state index contributed by atoms with van der Waals surface area (Å²) < 4.78 is 1.62. The lowest BCUT2D eigenvalue weighted by Crippen LogP contribution is -2.39. The number of aromatic nitrogens is 6. The number of fused-ring (bicyclic) bond motifs is 2. The summed E-state index contributed by atoms with van der Waals surface area (Å²) in [7, 11) is 1.80. The van der Waals surface area contributed by atoms with E-state index in [1.165, 1.54) is 38.5 Å². The van der Waals surface area contributed by atoms with E-state index in [2.05, 4.69) is 20.2 Å². The van der Waals surface area contributed by atoms with Gasteiger partial charge in [-0.1, -0.05) is 36.0 Å². The van der Waals surface area contributed by atoms with Crippen LogP contribution >= 0.6 is 23.2 Å². The summed E-state index contributed by atoms with van der Waals surface area (Å²) in [5.74, 6) is 0.956. The molecule has 0 amide bonds. The first-order valence-corrected chi connectivity index (χ1v) is 12.0. The SMILES string of the molecule is Cc1nc2c(-c3ccc4nn(C)c(Cl)c4c3Cl)n[nH]c2nc1N1CCC2(CCCC2)CC1. The number of anilines is 1. The molecule has 1 saturated heterocycles. The Morgan fingerprint density at radius 3 is 2.53 bits per heavy atom. The number of nitrogens with zero attached hydrogens (tertiary/aromatic N) is 6. The number of piperidine rings is 1. The van der Waals surface area contributed by atoms with E-state index >= 15 is 0 Å². The Morgan fingerprint density at radius 1 is 1.03 bits per heavy atom. The van der Waals surface area contributed by atoms with Crippen LogP contribution in [0.5, 0.6) is 0 Å². The molecule has 3 aromatic heterocycles. The Kier molecular flexibility index (Phi) is 4.63. The summed E-state index contributed by atoms with van der Waals surface area (Å²) in [5, 5.41) is 13.8. The van der Waals surface area contributed by atoms with Gasteiger partial charge in [-0.15, -0.1) is 0 Å². The second-order valence-electron chi connectivity index (χ2n) is 9.33. The third-order valence-corrected chi connectivity index (χ3v) is 8.28. The molecule has 0 bridgehead atoms. The zero-order valence-corrected chi connectivity index (χ0v) is 19.8. The van der Waals surface area contributed by atoms with E-state index in [4.69, 9.17) is 33.2 Å². The molecule has 1 aliphatic carbocycles. The van der Waals surface area contributed by atoms with Crippen molar-refractivity contribution in [1.29, 1.82) is 0 Å². The van der Waals surface area contributed by atoms with Crippen LogP contribution in [0.15, 0.2) is 12.1 Å². The molecule has 1 spiro atoms. The van der Waals surface area contributed by atoms with Crippen molar-refractivity contribution in [3.05, 3.63) is 28.0 Å². The largest absolute Gasteiger partial charge is 0.355 e. The molecule has 0 unspecified atom stereocenters. The van der Waals surface area contributed by atoms with Gasteiger partial charge in [0.25, 0.3) is 0 Å². The first-order valence-electron chi connectivity index (χ1n) is 11.2. The van der Waals surface area contributed by atoms with Crippen LogP contribution < -0.4 is 4.90 Å². The molecule has 2 fully saturated rings. The first-order chi connectivity index (χ1) is 15.5. The molecule has 1 aliphatic heterocycles. The number of rotatable bonds is 2. The summed E-state index contributed by atoms with van der Waals surface area (Å²) in [6.07, 6.45) is 8.06. The van der Waals surface area contributed by atoms with Crippen LogP contribution in [0, 0.1) is 12.3 Å². The highest BCUT2D eigenvalue weighted by Gasteiger charge is 2.37. The van der Waals surface area contributed by atoms with E-state index in [0.29, 0.717) is 26.9 Å². The zero-order valence-electron chi connectivity index (χ0n) is 18.3. The summed E-state index contributed by atoms with van der Waals surface area (Å²) in [5.41, 5.74) is 5.08. The highest BCUT2D eigenvalue weighted by atomic mass is 35.5. The van der Waals surface area contributed by atoms with Crippen LogP contribution in [0.25, 0.3) is 33.3 Å². The van der Waals surface area contributed by atoms with Gasteiger partial charge in [0.15, 0.2) is 11.5 Å². The summed E-state index contributed by atoms with van der Waals surface area (Å²) in [6.45, 7) is 4.12. The van der Waals surface area contributed by atoms with Gasteiger partial charge in [-0.25, -0.2) is 9.97 Å². The highest BCUT2D eigenvalue weighted by molar-refractivity contribution is 6.43. The molecule has 166 valence electrons. The van der Waals surface area contributed by atoms with Crippen molar-refractivity contribution in [2.75, 3.05) is 18.0 Å². The fraction of sp³-hybridized carbons (Fsp3) is 0.478. The average molecular weight is 470 g/mol. The number of nitrogens with one attached hydrogen (secondary N) is 1. The predicted octanol–water partition coefficient (Wildman–Crippen LogP) is 5.68. The lowest BCUT2D eigenvalue weighted by Gasteiger charge is -2.40. The number of hydrogen-bond donors (Lipinski definition) is 1. The fourth-order valence-corrected chi connectivity index (χ4v) is 6.23. The standard InChI is InChI=1S/C23H25Cl2N7/c1-13-22(32-11-9-23(10-12-32)7-3-4-8-23)27-21-19(26-13)18(28-29-21)14-5-6-15-16(17(14)24)20(25)31(2)30-15/h5-6H,3-4,7-12H2,1-2H3,(H,27,28,29). The van der Waals surface area contributed by atoms with Crippen molar-refractivity contribution in [2.45, 2.75) is 45.4 Å². The van der Waals surface area contributed by atoms with E-state index < -0.39 is 0 Å². The second-order valence-corrected chi connectivity index (χ2v) is 10.1. The lowest BCUT2D eigenvalue weighted by molar-refractivity contribution is 0.226.